The van der Waals surface area contributed by atoms with Crippen LogP contribution in [0.4, 0.5) is 0 Å². The summed E-state index contributed by atoms with van der Waals surface area (Å²) in [5, 5.41) is 3.32. The zero-order valence-corrected chi connectivity index (χ0v) is 10.7. The Morgan fingerprint density at radius 1 is 1.59 bits per heavy atom. The van der Waals surface area contributed by atoms with Gasteiger partial charge >= 0.3 is 0 Å². The van der Waals surface area contributed by atoms with E-state index in [-0.39, 0.29) is 0 Å². The number of hydrogen-bond donors (Lipinski definition) is 1. The summed E-state index contributed by atoms with van der Waals surface area (Å²) < 4.78 is 7.21. The molecule has 0 atom stereocenters. The number of terminal acetylenes is 1. The second-order valence-electron chi connectivity index (χ2n) is 3.93. The molecule has 0 aliphatic rings. The molecule has 17 heavy (non-hydrogen) atoms. The first-order valence-electron chi connectivity index (χ1n) is 5.93. The predicted molar refractivity (Wildman–Crippen MR) is 68.6 cm³/mol. The molecule has 0 saturated carbocycles. The minimum atomic E-state index is 0.726. The Morgan fingerprint density at radius 3 is 3.12 bits per heavy atom. The molecule has 0 aliphatic carbocycles. The van der Waals surface area contributed by atoms with E-state index in [2.05, 4.69) is 20.8 Å². The number of nitrogens with one attached hydrogen (secondary N) is 1. The summed E-state index contributed by atoms with van der Waals surface area (Å²) in [6.07, 6.45) is 8.99. The summed E-state index contributed by atoms with van der Waals surface area (Å²) >= 11 is 0. The molecule has 0 radical (unpaired) electrons. The number of nitrogens with zero attached hydrogens (tertiary/aromatic N) is 2. The quantitative estimate of drug-likeness (QED) is 0.546. The third-order valence-corrected chi connectivity index (χ3v) is 2.63. The largest absolute Gasteiger partial charge is 0.383 e. The molecule has 0 unspecified atom stereocenters. The predicted octanol–water partition coefficient (Wildman–Crippen LogP) is 1.34. The highest BCUT2D eigenvalue weighted by atomic mass is 16.5. The highest BCUT2D eigenvalue weighted by Crippen LogP contribution is 2.06. The molecule has 1 N–H and O–H groups in total. The summed E-state index contributed by atoms with van der Waals surface area (Å²) in [7, 11) is 1.70. The number of rotatable bonds is 8. The van der Waals surface area contributed by atoms with E-state index in [1.807, 2.05) is 13.1 Å². The maximum Gasteiger partial charge on any atom is 0.105 e. The van der Waals surface area contributed by atoms with Gasteiger partial charge in [-0.15, -0.1) is 12.3 Å². The van der Waals surface area contributed by atoms with Crippen molar-refractivity contribution in [3.8, 4) is 12.3 Å². The Labute approximate surface area is 103 Å². The van der Waals surface area contributed by atoms with E-state index in [0.717, 1.165) is 44.9 Å². The Bertz CT molecular complexity index is 365. The van der Waals surface area contributed by atoms with Crippen LogP contribution in [0.15, 0.2) is 6.20 Å². The van der Waals surface area contributed by atoms with E-state index in [0.29, 0.717) is 0 Å². The molecule has 0 fully saturated rings. The topological polar surface area (TPSA) is 39.1 Å². The van der Waals surface area contributed by atoms with Gasteiger partial charge in [-0.3, -0.25) is 0 Å². The Kier molecular flexibility index (Phi) is 6.38. The van der Waals surface area contributed by atoms with Crippen LogP contribution >= 0.6 is 0 Å². The fourth-order valence-electron chi connectivity index (χ4n) is 1.69. The third kappa shape index (κ3) is 4.59. The molecular weight excluding hydrogens is 214 g/mol. The number of imidazole rings is 1. The van der Waals surface area contributed by atoms with Crippen molar-refractivity contribution in [1.82, 2.24) is 14.9 Å². The molecular formula is C13H21N3O. The Morgan fingerprint density at radius 2 is 2.41 bits per heavy atom. The van der Waals surface area contributed by atoms with Crippen LogP contribution < -0.4 is 5.32 Å². The average molecular weight is 235 g/mol. The van der Waals surface area contributed by atoms with Crippen molar-refractivity contribution in [2.24, 2.45) is 0 Å². The zero-order chi connectivity index (χ0) is 12.5. The fourth-order valence-corrected chi connectivity index (χ4v) is 1.69. The van der Waals surface area contributed by atoms with Gasteiger partial charge in [0.25, 0.3) is 0 Å². The highest BCUT2D eigenvalue weighted by molar-refractivity contribution is 5.04. The SMILES string of the molecule is C#CCCCn1c(CNCCOC)cnc1C. The summed E-state index contributed by atoms with van der Waals surface area (Å²) in [5.74, 6) is 3.71. The molecule has 4 nitrogen and oxygen atoms in total. The van der Waals surface area contributed by atoms with Crippen LogP contribution in [0.2, 0.25) is 0 Å². The highest BCUT2D eigenvalue weighted by Gasteiger charge is 2.05. The van der Waals surface area contributed by atoms with E-state index in [1.165, 1.54) is 5.69 Å². The lowest BCUT2D eigenvalue weighted by atomic mass is 10.3. The lowest BCUT2D eigenvalue weighted by Gasteiger charge is -2.10. The van der Waals surface area contributed by atoms with E-state index >= 15 is 0 Å². The normalized spacial score (nSPS) is 10.4. The van der Waals surface area contributed by atoms with Gasteiger partial charge in [-0.25, -0.2) is 4.98 Å². The summed E-state index contributed by atoms with van der Waals surface area (Å²) in [5.41, 5.74) is 1.20. The molecule has 1 rings (SSSR count). The van der Waals surface area contributed by atoms with Gasteiger partial charge in [0.05, 0.1) is 12.3 Å². The van der Waals surface area contributed by atoms with Crippen LogP contribution in [0.3, 0.4) is 0 Å². The first-order chi connectivity index (χ1) is 8.29. The molecule has 4 heteroatoms. The van der Waals surface area contributed by atoms with Crippen molar-refractivity contribution < 1.29 is 4.74 Å². The molecule has 1 aromatic rings. The van der Waals surface area contributed by atoms with Crippen molar-refractivity contribution in [2.75, 3.05) is 20.3 Å². The molecule has 1 aromatic heterocycles. The molecule has 0 spiro atoms. The first kappa shape index (κ1) is 13.8. The van der Waals surface area contributed by atoms with Gasteiger partial charge in [-0.05, 0) is 13.3 Å². The first-order valence-corrected chi connectivity index (χ1v) is 5.93. The van der Waals surface area contributed by atoms with Gasteiger partial charge in [-0.2, -0.15) is 0 Å². The third-order valence-electron chi connectivity index (χ3n) is 2.63. The maximum atomic E-state index is 5.26. The monoisotopic (exact) mass is 235 g/mol. The molecule has 0 amide bonds. The van der Waals surface area contributed by atoms with E-state index in [1.54, 1.807) is 7.11 Å². The lowest BCUT2D eigenvalue weighted by molar-refractivity contribution is 0.199. The summed E-state index contributed by atoms with van der Waals surface area (Å²) in [6, 6.07) is 0. The smallest absolute Gasteiger partial charge is 0.105 e. The summed E-state index contributed by atoms with van der Waals surface area (Å²) in [4.78, 5) is 4.33. The van der Waals surface area contributed by atoms with Gasteiger partial charge in [-0.1, -0.05) is 0 Å². The van der Waals surface area contributed by atoms with Crippen LogP contribution in [-0.4, -0.2) is 29.8 Å². The Hall–Kier alpha value is -1.31. The number of methoxy groups -OCH3 is 1. The molecule has 94 valence electrons. The van der Waals surface area contributed by atoms with Gasteiger partial charge < -0.3 is 14.6 Å². The van der Waals surface area contributed by atoms with Gasteiger partial charge in [0.15, 0.2) is 0 Å². The standard InChI is InChI=1S/C13H21N3O/c1-4-5-6-8-16-12(2)15-11-13(16)10-14-7-9-17-3/h1,11,14H,5-10H2,2-3H3. The van der Waals surface area contributed by atoms with Crippen molar-refractivity contribution in [1.29, 1.82) is 0 Å². The average Bonchev–Trinajstić information content (AvgIpc) is 2.67. The second-order valence-corrected chi connectivity index (χ2v) is 3.93. The fraction of sp³-hybridized carbons (Fsp3) is 0.615. The van der Waals surface area contributed by atoms with Crippen LogP contribution in [-0.2, 0) is 17.8 Å². The molecule has 0 aromatic carbocycles. The minimum Gasteiger partial charge on any atom is -0.383 e. The maximum absolute atomic E-state index is 5.26. The van der Waals surface area contributed by atoms with Crippen molar-refractivity contribution in [3.63, 3.8) is 0 Å². The van der Waals surface area contributed by atoms with Crippen molar-refractivity contribution in [3.05, 3.63) is 17.7 Å². The van der Waals surface area contributed by atoms with Crippen molar-refractivity contribution >= 4 is 0 Å². The van der Waals surface area contributed by atoms with Crippen LogP contribution in [0.25, 0.3) is 0 Å². The molecule has 0 saturated heterocycles. The molecule has 0 bridgehead atoms. The minimum absolute atomic E-state index is 0.726. The van der Waals surface area contributed by atoms with Crippen molar-refractivity contribution in [2.45, 2.75) is 32.9 Å². The number of unbranched alkanes of at least 4 members (excludes halogenated alkanes) is 1. The van der Waals surface area contributed by atoms with Gasteiger partial charge in [0, 0.05) is 39.4 Å². The lowest BCUT2D eigenvalue weighted by Crippen LogP contribution is -2.20. The van der Waals surface area contributed by atoms with E-state index in [4.69, 9.17) is 11.2 Å². The number of hydrogen-bond acceptors (Lipinski definition) is 3. The zero-order valence-electron chi connectivity index (χ0n) is 10.7. The van der Waals surface area contributed by atoms with Crippen LogP contribution in [0.1, 0.15) is 24.4 Å². The number of ether oxygens (including phenoxy) is 1. The molecule has 1 heterocycles. The number of aryl methyl sites for hydroxylation is 1. The van der Waals surface area contributed by atoms with E-state index in [9.17, 15) is 0 Å². The summed E-state index contributed by atoms with van der Waals surface area (Å²) in [6.45, 7) is 5.36. The second kappa shape index (κ2) is 7.88. The van der Waals surface area contributed by atoms with Crippen LogP contribution in [0, 0.1) is 19.3 Å². The van der Waals surface area contributed by atoms with Gasteiger partial charge in [0.1, 0.15) is 5.82 Å². The Balaban J connectivity index is 2.45. The van der Waals surface area contributed by atoms with Crippen LogP contribution in [0.5, 0.6) is 0 Å². The number of aromatic nitrogens is 2. The van der Waals surface area contributed by atoms with E-state index < -0.39 is 0 Å². The van der Waals surface area contributed by atoms with Gasteiger partial charge in [0.2, 0.25) is 0 Å². The molecule has 0 aliphatic heterocycles.